The third kappa shape index (κ3) is 6.05. The summed E-state index contributed by atoms with van der Waals surface area (Å²) >= 11 is 0. The lowest BCUT2D eigenvalue weighted by molar-refractivity contribution is -0.131. The Kier molecular flexibility index (Phi) is 7.85. The molecule has 1 aliphatic heterocycles. The van der Waals surface area contributed by atoms with Crippen LogP contribution in [-0.4, -0.2) is 62.0 Å². The van der Waals surface area contributed by atoms with E-state index in [4.69, 9.17) is 4.74 Å². The van der Waals surface area contributed by atoms with Crippen LogP contribution in [0.1, 0.15) is 48.0 Å². The lowest BCUT2D eigenvalue weighted by Gasteiger charge is -2.36. The zero-order chi connectivity index (χ0) is 21.5. The van der Waals surface area contributed by atoms with Crippen LogP contribution in [-0.2, 0) is 14.3 Å². The fourth-order valence-corrected chi connectivity index (χ4v) is 3.87. The fourth-order valence-electron chi connectivity index (χ4n) is 3.87. The Morgan fingerprint density at radius 1 is 1.10 bits per heavy atom. The highest BCUT2D eigenvalue weighted by atomic mass is 16.5. The van der Waals surface area contributed by atoms with E-state index < -0.39 is 6.04 Å². The topological polar surface area (TPSA) is 87.7 Å². The first-order valence-corrected chi connectivity index (χ1v) is 10.9. The zero-order valence-corrected chi connectivity index (χ0v) is 18.0. The Morgan fingerprint density at radius 3 is 2.37 bits per heavy atom. The Morgan fingerprint density at radius 2 is 1.77 bits per heavy atom. The van der Waals surface area contributed by atoms with Gasteiger partial charge >= 0.3 is 0 Å². The number of carbonyl (C=O) groups is 3. The third-order valence-corrected chi connectivity index (χ3v) is 5.95. The number of likely N-dealkylation sites (tertiary alicyclic amines) is 1. The van der Waals surface area contributed by atoms with Gasteiger partial charge in [-0.25, -0.2) is 0 Å². The van der Waals surface area contributed by atoms with E-state index in [1.54, 1.807) is 7.11 Å². The minimum Gasteiger partial charge on any atom is -0.385 e. The van der Waals surface area contributed by atoms with Crippen molar-refractivity contribution in [2.75, 3.05) is 33.4 Å². The Balaban J connectivity index is 1.57. The first kappa shape index (κ1) is 22.3. The van der Waals surface area contributed by atoms with Gasteiger partial charge in [0.15, 0.2) is 0 Å². The van der Waals surface area contributed by atoms with Crippen molar-refractivity contribution in [2.45, 2.75) is 45.1 Å². The van der Waals surface area contributed by atoms with E-state index in [1.807, 2.05) is 36.1 Å². The van der Waals surface area contributed by atoms with Gasteiger partial charge in [-0.15, -0.1) is 0 Å². The number of piperidine rings is 1. The second-order valence-electron chi connectivity index (χ2n) is 8.39. The van der Waals surface area contributed by atoms with Crippen molar-refractivity contribution in [3.63, 3.8) is 0 Å². The SMILES string of the molecule is COCCCNC(=O)[C@H](NC(=O)C1CC1)C1CCN(C(=O)c2ccc(C)cc2)CC1. The zero-order valence-electron chi connectivity index (χ0n) is 18.0. The van der Waals surface area contributed by atoms with Gasteiger partial charge < -0.3 is 20.3 Å². The fraction of sp³-hybridized carbons (Fsp3) is 0.609. The number of hydrogen-bond acceptors (Lipinski definition) is 4. The molecule has 1 aromatic carbocycles. The van der Waals surface area contributed by atoms with Gasteiger partial charge in [0, 0.05) is 44.8 Å². The van der Waals surface area contributed by atoms with Crippen LogP contribution in [0.2, 0.25) is 0 Å². The number of ether oxygens (including phenoxy) is 1. The standard InChI is InChI=1S/C23H33N3O4/c1-16-4-6-19(7-5-16)23(29)26-13-10-17(11-14-26)20(25-21(27)18-8-9-18)22(28)24-12-3-15-30-2/h4-7,17-18,20H,3,8-15H2,1-2H3,(H,24,28)(H,25,27)/t20-/m1/s1. The van der Waals surface area contributed by atoms with Crippen molar-refractivity contribution in [3.05, 3.63) is 35.4 Å². The van der Waals surface area contributed by atoms with E-state index in [0.29, 0.717) is 44.6 Å². The van der Waals surface area contributed by atoms with E-state index in [1.165, 1.54) is 0 Å². The van der Waals surface area contributed by atoms with Crippen LogP contribution in [0, 0.1) is 18.8 Å². The summed E-state index contributed by atoms with van der Waals surface area (Å²) in [5.41, 5.74) is 1.81. The maximum Gasteiger partial charge on any atom is 0.253 e. The molecule has 30 heavy (non-hydrogen) atoms. The van der Waals surface area contributed by atoms with Crippen molar-refractivity contribution in [1.82, 2.24) is 15.5 Å². The molecule has 3 rings (SSSR count). The molecule has 1 heterocycles. The summed E-state index contributed by atoms with van der Waals surface area (Å²) in [5.74, 6) is -0.0566. The second kappa shape index (κ2) is 10.6. The van der Waals surface area contributed by atoms with Crippen LogP contribution in [0.4, 0.5) is 0 Å². The van der Waals surface area contributed by atoms with Crippen LogP contribution in [0.25, 0.3) is 0 Å². The average molecular weight is 416 g/mol. The lowest BCUT2D eigenvalue weighted by atomic mass is 9.88. The van der Waals surface area contributed by atoms with Crippen LogP contribution in [0.15, 0.2) is 24.3 Å². The molecule has 0 unspecified atom stereocenters. The number of amides is 3. The molecule has 2 aliphatic rings. The molecule has 2 fully saturated rings. The second-order valence-corrected chi connectivity index (χ2v) is 8.39. The minimum absolute atomic E-state index is 0.0230. The van der Waals surface area contributed by atoms with Gasteiger partial charge in [0.05, 0.1) is 0 Å². The monoisotopic (exact) mass is 415 g/mol. The molecular formula is C23H33N3O4. The van der Waals surface area contributed by atoms with E-state index in [2.05, 4.69) is 10.6 Å². The van der Waals surface area contributed by atoms with Gasteiger partial charge in [0.25, 0.3) is 5.91 Å². The Hall–Kier alpha value is -2.41. The maximum absolute atomic E-state index is 12.8. The number of carbonyl (C=O) groups excluding carboxylic acids is 3. The van der Waals surface area contributed by atoms with E-state index in [0.717, 1.165) is 24.8 Å². The summed E-state index contributed by atoms with van der Waals surface area (Å²) in [6.45, 7) is 4.27. The van der Waals surface area contributed by atoms with Crippen molar-refractivity contribution in [1.29, 1.82) is 0 Å². The number of rotatable bonds is 9. The number of benzene rings is 1. The van der Waals surface area contributed by atoms with Gasteiger partial charge in [-0.05, 0) is 57.1 Å². The van der Waals surface area contributed by atoms with Crippen LogP contribution < -0.4 is 10.6 Å². The molecule has 0 bridgehead atoms. The van der Waals surface area contributed by atoms with Crippen molar-refractivity contribution in [2.24, 2.45) is 11.8 Å². The maximum atomic E-state index is 12.8. The predicted octanol–water partition coefficient (Wildman–Crippen LogP) is 1.89. The van der Waals surface area contributed by atoms with E-state index in [9.17, 15) is 14.4 Å². The quantitative estimate of drug-likeness (QED) is 0.603. The largest absolute Gasteiger partial charge is 0.385 e. The molecule has 7 heteroatoms. The van der Waals surface area contributed by atoms with Gasteiger partial charge in [0.1, 0.15) is 6.04 Å². The average Bonchev–Trinajstić information content (AvgIpc) is 3.60. The summed E-state index contributed by atoms with van der Waals surface area (Å²) in [4.78, 5) is 39.8. The van der Waals surface area contributed by atoms with Gasteiger partial charge in [-0.3, -0.25) is 14.4 Å². The van der Waals surface area contributed by atoms with Crippen molar-refractivity contribution in [3.8, 4) is 0 Å². The molecule has 1 atom stereocenters. The van der Waals surface area contributed by atoms with Gasteiger partial charge in [-0.2, -0.15) is 0 Å². The summed E-state index contributed by atoms with van der Waals surface area (Å²) in [6, 6.07) is 7.05. The van der Waals surface area contributed by atoms with E-state index in [-0.39, 0.29) is 29.6 Å². The number of hydrogen-bond donors (Lipinski definition) is 2. The van der Waals surface area contributed by atoms with Crippen LogP contribution >= 0.6 is 0 Å². The number of methoxy groups -OCH3 is 1. The summed E-state index contributed by atoms with van der Waals surface area (Å²) in [5, 5.41) is 5.92. The molecule has 1 aromatic rings. The van der Waals surface area contributed by atoms with Crippen molar-refractivity contribution >= 4 is 17.7 Å². The highest BCUT2D eigenvalue weighted by Crippen LogP contribution is 2.30. The number of nitrogens with one attached hydrogen (secondary N) is 2. The Labute approximate surface area is 178 Å². The number of nitrogens with zero attached hydrogens (tertiary/aromatic N) is 1. The highest BCUT2D eigenvalue weighted by molar-refractivity contribution is 5.94. The van der Waals surface area contributed by atoms with E-state index >= 15 is 0 Å². The van der Waals surface area contributed by atoms with Crippen molar-refractivity contribution < 1.29 is 19.1 Å². The molecule has 7 nitrogen and oxygen atoms in total. The first-order valence-electron chi connectivity index (χ1n) is 10.9. The molecule has 1 aliphatic carbocycles. The Bertz CT molecular complexity index is 737. The van der Waals surface area contributed by atoms with Crippen LogP contribution in [0.3, 0.4) is 0 Å². The van der Waals surface area contributed by atoms with Gasteiger partial charge in [0.2, 0.25) is 11.8 Å². The molecule has 1 saturated heterocycles. The van der Waals surface area contributed by atoms with Crippen LogP contribution in [0.5, 0.6) is 0 Å². The first-order chi connectivity index (χ1) is 14.5. The third-order valence-electron chi connectivity index (χ3n) is 5.95. The number of aryl methyl sites for hydroxylation is 1. The normalized spacial score (nSPS) is 18.0. The molecule has 2 N–H and O–H groups in total. The predicted molar refractivity (Wildman–Crippen MR) is 114 cm³/mol. The molecular weight excluding hydrogens is 382 g/mol. The van der Waals surface area contributed by atoms with Gasteiger partial charge in [-0.1, -0.05) is 17.7 Å². The summed E-state index contributed by atoms with van der Waals surface area (Å²) in [7, 11) is 1.63. The molecule has 0 spiro atoms. The summed E-state index contributed by atoms with van der Waals surface area (Å²) in [6.07, 6.45) is 3.92. The molecule has 1 saturated carbocycles. The molecule has 0 aromatic heterocycles. The lowest BCUT2D eigenvalue weighted by Crippen LogP contribution is -2.54. The smallest absolute Gasteiger partial charge is 0.253 e. The highest BCUT2D eigenvalue weighted by Gasteiger charge is 2.37. The molecule has 164 valence electrons. The minimum atomic E-state index is -0.544. The summed E-state index contributed by atoms with van der Waals surface area (Å²) < 4.78 is 5.02. The molecule has 0 radical (unpaired) electrons. The molecule has 3 amide bonds.